The third-order valence-corrected chi connectivity index (χ3v) is 10.1. The molecule has 9 atom stereocenters. The van der Waals surface area contributed by atoms with Gasteiger partial charge in [-0.05, 0) is 31.8 Å². The molecule has 5 rings (SSSR count). The molecule has 4 unspecified atom stereocenters. The molecule has 0 saturated carbocycles. The Kier molecular flexibility index (Phi) is 11.2. The number of carbonyl (C=O) groups is 3. The van der Waals surface area contributed by atoms with Gasteiger partial charge >= 0.3 is 11.8 Å². The number of anilines is 1. The zero-order valence-corrected chi connectivity index (χ0v) is 29.7. The number of esters is 1. The van der Waals surface area contributed by atoms with Crippen molar-refractivity contribution < 1.29 is 58.9 Å². The summed E-state index contributed by atoms with van der Waals surface area (Å²) in [5.41, 5.74) is -0.105. The van der Waals surface area contributed by atoms with Crippen molar-refractivity contribution in [2.45, 2.75) is 72.6 Å². The average Bonchev–Trinajstić information content (AvgIpc) is 3.34. The molecule has 0 saturated heterocycles. The number of allylic oxidation sites excluding steroid dienone is 2. The van der Waals surface area contributed by atoms with Gasteiger partial charge in [0.1, 0.15) is 17.2 Å². The van der Waals surface area contributed by atoms with E-state index in [1.165, 1.54) is 53.4 Å². The maximum atomic E-state index is 13.9. The fourth-order valence-electron chi connectivity index (χ4n) is 6.84. The Hall–Kier alpha value is -4.59. The Balaban J connectivity index is 1.88. The van der Waals surface area contributed by atoms with Gasteiger partial charge in [0.25, 0.3) is 11.7 Å². The molecule has 272 valence electrons. The number of benzene rings is 2. The van der Waals surface area contributed by atoms with Crippen LogP contribution in [0.5, 0.6) is 23.0 Å². The molecule has 50 heavy (non-hydrogen) atoms. The van der Waals surface area contributed by atoms with Gasteiger partial charge in [-0.1, -0.05) is 45.9 Å². The highest BCUT2D eigenvalue weighted by Crippen LogP contribution is 2.53. The smallest absolute Gasteiger partial charge is 0.312 e. The molecule has 3 aliphatic rings. The zero-order valence-electron chi connectivity index (χ0n) is 29.7. The molecule has 2 aromatic carbocycles. The van der Waals surface area contributed by atoms with Crippen LogP contribution in [0.25, 0.3) is 10.8 Å². The van der Waals surface area contributed by atoms with Gasteiger partial charge in [0.2, 0.25) is 0 Å². The third kappa shape index (κ3) is 6.77. The fraction of sp³-hybridized carbons (Fsp3) is 0.486. The molecule has 0 aromatic heterocycles. The van der Waals surface area contributed by atoms with Crippen molar-refractivity contribution in [2.24, 2.45) is 29.6 Å². The number of hydrogen-bond donors (Lipinski definition) is 6. The van der Waals surface area contributed by atoms with E-state index in [0.29, 0.717) is 0 Å². The average molecular weight is 698 g/mol. The molecule has 6 N–H and O–H groups in total. The maximum Gasteiger partial charge on any atom is 0.312 e. The minimum Gasteiger partial charge on any atom is -0.507 e. The number of fused-ring (bicyclic) bond motifs is 14. The molecule has 0 spiro atoms. The van der Waals surface area contributed by atoms with Gasteiger partial charge in [0.15, 0.2) is 5.75 Å². The molecule has 5 bridgehead atoms. The van der Waals surface area contributed by atoms with Crippen LogP contribution < -0.4 is 10.1 Å². The van der Waals surface area contributed by atoms with Crippen LogP contribution in [0, 0.1) is 36.5 Å². The number of ketones is 1. The van der Waals surface area contributed by atoms with Crippen LogP contribution in [0.1, 0.15) is 57.5 Å². The molecule has 0 fully saturated rings. The summed E-state index contributed by atoms with van der Waals surface area (Å²) in [5, 5.41) is 58.2. The number of ether oxygens (including phenoxy) is 4. The van der Waals surface area contributed by atoms with E-state index in [9.17, 15) is 39.9 Å². The highest BCUT2D eigenvalue weighted by Gasteiger charge is 2.49. The summed E-state index contributed by atoms with van der Waals surface area (Å²) in [7, 11) is 2.66. The van der Waals surface area contributed by atoms with E-state index >= 15 is 0 Å². The SMILES string of the molecule is COC(=O)[C@H]1C(C)C(O)C(C)[C@@H](O)[C@@H](C)/C=C/C=C(/C)C(=O)Nc2cc(O)c3c4c(c(C)c(O)c3c2O)O[C@](C)(O/C=C/C(OC)[C@H]1C)C4=O. The molecular weight excluding hydrogens is 650 g/mol. The van der Waals surface area contributed by atoms with Crippen LogP contribution in [0.3, 0.4) is 0 Å². The first kappa shape index (κ1) is 38.2. The van der Waals surface area contributed by atoms with Crippen molar-refractivity contribution in [1.82, 2.24) is 0 Å². The van der Waals surface area contributed by atoms with Crippen LogP contribution >= 0.6 is 0 Å². The van der Waals surface area contributed by atoms with E-state index in [0.717, 1.165) is 6.07 Å². The van der Waals surface area contributed by atoms with Crippen molar-refractivity contribution in [1.29, 1.82) is 0 Å². The normalized spacial score (nSPS) is 33.2. The third-order valence-electron chi connectivity index (χ3n) is 10.1. The summed E-state index contributed by atoms with van der Waals surface area (Å²) >= 11 is 0. The number of methoxy groups -OCH3 is 2. The first-order valence-electron chi connectivity index (χ1n) is 16.4. The summed E-state index contributed by atoms with van der Waals surface area (Å²) in [6.45, 7) is 11.2. The second kappa shape index (κ2) is 14.7. The van der Waals surface area contributed by atoms with Gasteiger partial charge in [0.05, 0.1) is 54.2 Å². The molecule has 2 aromatic rings. The van der Waals surface area contributed by atoms with E-state index in [1.807, 2.05) is 0 Å². The number of phenols is 3. The lowest BCUT2D eigenvalue weighted by molar-refractivity contribution is -0.155. The van der Waals surface area contributed by atoms with Gasteiger partial charge in [-0.15, -0.1) is 0 Å². The number of aliphatic hydroxyl groups excluding tert-OH is 2. The fourth-order valence-corrected chi connectivity index (χ4v) is 6.84. The Morgan fingerprint density at radius 3 is 2.20 bits per heavy atom. The van der Waals surface area contributed by atoms with Crippen LogP contribution in [0.15, 0.2) is 42.2 Å². The molecule has 0 radical (unpaired) electrons. The second-order valence-electron chi connectivity index (χ2n) is 13.4. The first-order chi connectivity index (χ1) is 23.4. The van der Waals surface area contributed by atoms with E-state index in [-0.39, 0.29) is 38.9 Å². The molecule has 13 heteroatoms. The minimum atomic E-state index is -1.99. The largest absolute Gasteiger partial charge is 0.507 e. The second-order valence-corrected chi connectivity index (χ2v) is 13.4. The van der Waals surface area contributed by atoms with Crippen molar-refractivity contribution in [3.8, 4) is 23.0 Å². The van der Waals surface area contributed by atoms with Gasteiger partial charge in [-0.3, -0.25) is 14.4 Å². The van der Waals surface area contributed by atoms with Gasteiger partial charge < -0.3 is 49.8 Å². The molecule has 1 amide bonds. The monoisotopic (exact) mass is 697 g/mol. The lowest BCUT2D eigenvalue weighted by atomic mass is 9.73. The summed E-state index contributed by atoms with van der Waals surface area (Å²) in [5.74, 6) is -9.04. The van der Waals surface area contributed by atoms with E-state index < -0.39 is 88.6 Å². The van der Waals surface area contributed by atoms with Crippen molar-refractivity contribution in [3.05, 3.63) is 53.3 Å². The van der Waals surface area contributed by atoms with E-state index in [2.05, 4.69) is 5.32 Å². The number of carbonyl (C=O) groups excluding carboxylic acids is 3. The Morgan fingerprint density at radius 1 is 0.920 bits per heavy atom. The van der Waals surface area contributed by atoms with Crippen LogP contribution in [-0.4, -0.2) is 81.5 Å². The molecule has 0 aliphatic carbocycles. The van der Waals surface area contributed by atoms with Gasteiger partial charge in [-0.2, -0.15) is 0 Å². The Morgan fingerprint density at radius 2 is 1.58 bits per heavy atom. The molecular formula is C37H47NO12. The van der Waals surface area contributed by atoms with E-state index in [4.69, 9.17) is 18.9 Å². The Labute approximate surface area is 290 Å². The van der Waals surface area contributed by atoms with Crippen LogP contribution in [0.4, 0.5) is 5.69 Å². The zero-order chi connectivity index (χ0) is 37.4. The number of hydrogen-bond acceptors (Lipinski definition) is 12. The standard InChI is InChI=1S/C37H47NO12/c1-16-11-10-12-17(2)35(45)38-22-15-23(39)26-27(32(22)43)31(42)21(6)33-28(26)34(44)37(7,50-33)49-14-13-24(47-8)18(3)25(36(46)48-9)19(4)30(41)20(5)29(16)40/h10-16,18-20,24-25,29-30,39-43H,1-9H3,(H,38,45)/b11-10+,14-13+,17-12-/t16-,18+,19?,20?,24?,25+,29-,30?,37-/m0/s1. The maximum absolute atomic E-state index is 13.9. The van der Waals surface area contributed by atoms with Gasteiger partial charge in [-0.25, -0.2) is 0 Å². The number of rotatable bonds is 2. The molecule has 3 aliphatic heterocycles. The highest BCUT2D eigenvalue weighted by atomic mass is 16.7. The molecule has 3 heterocycles. The van der Waals surface area contributed by atoms with E-state index in [1.54, 1.807) is 39.8 Å². The van der Waals surface area contributed by atoms with Crippen molar-refractivity contribution in [3.63, 3.8) is 0 Å². The predicted molar refractivity (Wildman–Crippen MR) is 184 cm³/mol. The van der Waals surface area contributed by atoms with Crippen LogP contribution in [0.2, 0.25) is 0 Å². The number of phenolic OH excluding ortho intramolecular Hbond substituents is 3. The highest BCUT2D eigenvalue weighted by molar-refractivity contribution is 6.21. The van der Waals surface area contributed by atoms with Gasteiger partial charge in [0, 0.05) is 48.5 Å². The number of Topliss-reactive ketones (excluding diaryl/α,β-unsaturated/α-hetero) is 1. The Bertz CT molecular complexity index is 1760. The number of aromatic hydroxyl groups is 3. The predicted octanol–water partition coefficient (Wildman–Crippen LogP) is 4.61. The van der Waals surface area contributed by atoms with Crippen LogP contribution in [-0.2, 0) is 23.8 Å². The lowest BCUT2D eigenvalue weighted by Gasteiger charge is -2.37. The summed E-state index contributed by atoms with van der Waals surface area (Å²) < 4.78 is 22.6. The molecule has 13 nitrogen and oxygen atoms in total. The summed E-state index contributed by atoms with van der Waals surface area (Å²) in [6, 6.07) is 1.06. The number of amides is 1. The first-order valence-corrected chi connectivity index (χ1v) is 16.4. The quantitative estimate of drug-likeness (QED) is 0.145. The topological polar surface area (TPSA) is 201 Å². The number of nitrogens with one attached hydrogen (secondary N) is 1. The summed E-state index contributed by atoms with van der Waals surface area (Å²) in [4.78, 5) is 40.2. The lowest BCUT2D eigenvalue weighted by Crippen LogP contribution is -2.45. The van der Waals surface area contributed by atoms with Crippen molar-refractivity contribution >= 4 is 34.1 Å². The minimum absolute atomic E-state index is 0.0736. The summed E-state index contributed by atoms with van der Waals surface area (Å²) in [6.07, 6.45) is 4.39. The number of aliphatic hydroxyl groups is 2. The van der Waals surface area contributed by atoms with Crippen molar-refractivity contribution in [2.75, 3.05) is 19.5 Å².